The van der Waals surface area contributed by atoms with Crippen LogP contribution in [0.3, 0.4) is 0 Å². The Morgan fingerprint density at radius 3 is 2.59 bits per heavy atom. The highest BCUT2D eigenvalue weighted by Gasteiger charge is 1.99. The van der Waals surface area contributed by atoms with E-state index in [1.807, 2.05) is 30.3 Å². The predicted octanol–water partition coefficient (Wildman–Crippen LogP) is 4.53. The van der Waals surface area contributed by atoms with Crippen LogP contribution in [0.25, 0.3) is 0 Å². The number of nitrogens with one attached hydrogen (secondary N) is 1. The molecule has 1 N–H and O–H groups in total. The molecule has 1 heterocycles. The number of aromatic nitrogens is 1. The highest BCUT2D eigenvalue weighted by molar-refractivity contribution is 5.29. The topological polar surface area (TPSA) is 43.4 Å². The van der Waals surface area contributed by atoms with E-state index < -0.39 is 0 Å². The first-order chi connectivity index (χ1) is 13.3. The van der Waals surface area contributed by atoms with E-state index in [1.54, 1.807) is 6.20 Å². The van der Waals surface area contributed by atoms with E-state index in [4.69, 9.17) is 9.47 Å². The van der Waals surface area contributed by atoms with Crippen molar-refractivity contribution < 1.29 is 9.47 Å². The lowest BCUT2D eigenvalue weighted by Gasteiger charge is -2.10. The number of pyridine rings is 1. The smallest absolute Gasteiger partial charge is 0.213 e. The number of hydrogen-bond acceptors (Lipinski definition) is 4. The second kappa shape index (κ2) is 10.3. The molecule has 1 aromatic heterocycles. The molecule has 0 bridgehead atoms. The molecule has 4 nitrogen and oxygen atoms in total. The molecule has 0 radical (unpaired) electrons. The van der Waals surface area contributed by atoms with Gasteiger partial charge in [-0.1, -0.05) is 48.0 Å². The van der Waals surface area contributed by atoms with Crippen LogP contribution in [0.15, 0.2) is 72.9 Å². The lowest BCUT2D eigenvalue weighted by Crippen LogP contribution is -2.17. The molecule has 0 amide bonds. The zero-order valence-electron chi connectivity index (χ0n) is 15.7. The number of ether oxygens (including phenoxy) is 2. The standard InChI is InChI=1S/C23H26N2O2/c1-19-9-11-20(12-10-19)18-27-22-7-4-6-21(16-22)17-24-13-5-15-26-23-8-2-3-14-25-23/h2-4,6-12,14,16,24H,5,13,15,17-18H2,1H3. The van der Waals surface area contributed by atoms with Gasteiger partial charge in [0.25, 0.3) is 0 Å². The second-order valence-corrected chi connectivity index (χ2v) is 6.47. The molecule has 27 heavy (non-hydrogen) atoms. The van der Waals surface area contributed by atoms with Crippen LogP contribution >= 0.6 is 0 Å². The summed E-state index contributed by atoms with van der Waals surface area (Å²) >= 11 is 0. The van der Waals surface area contributed by atoms with Gasteiger partial charge in [-0.3, -0.25) is 0 Å². The molecule has 140 valence electrons. The highest BCUT2D eigenvalue weighted by Crippen LogP contribution is 2.15. The van der Waals surface area contributed by atoms with Crippen LogP contribution in [-0.2, 0) is 13.2 Å². The number of benzene rings is 2. The molecular formula is C23H26N2O2. The lowest BCUT2D eigenvalue weighted by molar-refractivity contribution is 0.296. The Morgan fingerprint density at radius 1 is 0.889 bits per heavy atom. The van der Waals surface area contributed by atoms with Crippen molar-refractivity contribution in [2.24, 2.45) is 0 Å². The lowest BCUT2D eigenvalue weighted by atomic mass is 10.2. The van der Waals surface area contributed by atoms with Gasteiger partial charge < -0.3 is 14.8 Å². The Balaban J connectivity index is 1.35. The molecule has 0 spiro atoms. The fourth-order valence-electron chi connectivity index (χ4n) is 2.64. The summed E-state index contributed by atoms with van der Waals surface area (Å²) in [7, 11) is 0. The van der Waals surface area contributed by atoms with Gasteiger partial charge in [-0.05, 0) is 49.2 Å². The third-order valence-corrected chi connectivity index (χ3v) is 4.14. The summed E-state index contributed by atoms with van der Waals surface area (Å²) in [6.07, 6.45) is 2.67. The van der Waals surface area contributed by atoms with Crippen molar-refractivity contribution in [1.82, 2.24) is 10.3 Å². The first kappa shape index (κ1) is 18.9. The van der Waals surface area contributed by atoms with Gasteiger partial charge in [0.15, 0.2) is 0 Å². The van der Waals surface area contributed by atoms with E-state index >= 15 is 0 Å². The van der Waals surface area contributed by atoms with Crippen molar-refractivity contribution in [2.45, 2.75) is 26.5 Å². The Hall–Kier alpha value is -2.85. The molecule has 3 aromatic rings. The van der Waals surface area contributed by atoms with Gasteiger partial charge in [-0.2, -0.15) is 0 Å². The summed E-state index contributed by atoms with van der Waals surface area (Å²) in [5.41, 5.74) is 3.65. The van der Waals surface area contributed by atoms with Crippen LogP contribution in [0.5, 0.6) is 11.6 Å². The molecular weight excluding hydrogens is 336 g/mol. The maximum atomic E-state index is 5.91. The third-order valence-electron chi connectivity index (χ3n) is 4.14. The average Bonchev–Trinajstić information content (AvgIpc) is 2.71. The molecule has 4 heteroatoms. The van der Waals surface area contributed by atoms with Crippen molar-refractivity contribution in [2.75, 3.05) is 13.2 Å². The fraction of sp³-hybridized carbons (Fsp3) is 0.261. The summed E-state index contributed by atoms with van der Waals surface area (Å²) in [5, 5.41) is 3.44. The van der Waals surface area contributed by atoms with Crippen LogP contribution in [0.1, 0.15) is 23.1 Å². The molecule has 3 rings (SSSR count). The first-order valence-electron chi connectivity index (χ1n) is 9.31. The Bertz CT molecular complexity index is 804. The monoisotopic (exact) mass is 362 g/mol. The van der Waals surface area contributed by atoms with E-state index in [9.17, 15) is 0 Å². The van der Waals surface area contributed by atoms with Crippen molar-refractivity contribution in [1.29, 1.82) is 0 Å². The number of hydrogen-bond donors (Lipinski definition) is 1. The average molecular weight is 362 g/mol. The molecule has 0 saturated carbocycles. The zero-order valence-corrected chi connectivity index (χ0v) is 15.7. The summed E-state index contributed by atoms with van der Waals surface area (Å²) in [6.45, 7) is 5.03. The van der Waals surface area contributed by atoms with Crippen LogP contribution in [0, 0.1) is 6.92 Å². The minimum absolute atomic E-state index is 0.585. The molecule has 0 unspecified atom stereocenters. The van der Waals surface area contributed by atoms with Gasteiger partial charge in [0, 0.05) is 18.8 Å². The normalized spacial score (nSPS) is 10.6. The van der Waals surface area contributed by atoms with E-state index in [0.717, 1.165) is 25.3 Å². The van der Waals surface area contributed by atoms with E-state index in [-0.39, 0.29) is 0 Å². The van der Waals surface area contributed by atoms with E-state index in [0.29, 0.717) is 19.1 Å². The van der Waals surface area contributed by atoms with Gasteiger partial charge in [-0.15, -0.1) is 0 Å². The largest absolute Gasteiger partial charge is 0.489 e. The minimum Gasteiger partial charge on any atom is -0.489 e. The Labute approximate surface area is 161 Å². The van der Waals surface area contributed by atoms with Crippen LogP contribution in [-0.4, -0.2) is 18.1 Å². The SMILES string of the molecule is Cc1ccc(COc2cccc(CNCCCOc3ccccn3)c2)cc1. The van der Waals surface area contributed by atoms with Gasteiger partial charge in [0.1, 0.15) is 12.4 Å². The van der Waals surface area contributed by atoms with Crippen molar-refractivity contribution >= 4 is 0 Å². The maximum Gasteiger partial charge on any atom is 0.213 e. The summed E-state index contributed by atoms with van der Waals surface area (Å²) < 4.78 is 11.5. The second-order valence-electron chi connectivity index (χ2n) is 6.47. The first-order valence-corrected chi connectivity index (χ1v) is 9.31. The fourth-order valence-corrected chi connectivity index (χ4v) is 2.64. The minimum atomic E-state index is 0.585. The van der Waals surface area contributed by atoms with Crippen molar-refractivity contribution in [3.05, 3.63) is 89.6 Å². The molecule has 0 saturated heterocycles. The van der Waals surface area contributed by atoms with E-state index in [1.165, 1.54) is 16.7 Å². The number of nitrogens with zero attached hydrogens (tertiary/aromatic N) is 1. The molecule has 0 aliphatic carbocycles. The number of rotatable bonds is 10. The molecule has 0 fully saturated rings. The predicted molar refractivity (Wildman–Crippen MR) is 108 cm³/mol. The van der Waals surface area contributed by atoms with Gasteiger partial charge in [0.05, 0.1) is 6.61 Å². The maximum absolute atomic E-state index is 5.91. The van der Waals surface area contributed by atoms with Crippen LogP contribution in [0.4, 0.5) is 0 Å². The highest BCUT2D eigenvalue weighted by atomic mass is 16.5. The van der Waals surface area contributed by atoms with Gasteiger partial charge in [0.2, 0.25) is 5.88 Å². The molecule has 0 atom stereocenters. The quantitative estimate of drug-likeness (QED) is 0.538. The molecule has 0 aliphatic rings. The van der Waals surface area contributed by atoms with Crippen LogP contribution in [0.2, 0.25) is 0 Å². The molecule has 0 aliphatic heterocycles. The zero-order chi connectivity index (χ0) is 18.7. The third kappa shape index (κ3) is 6.76. The summed E-state index contributed by atoms with van der Waals surface area (Å²) in [6, 6.07) is 22.3. The van der Waals surface area contributed by atoms with Gasteiger partial charge in [-0.25, -0.2) is 4.98 Å². The molecule has 2 aromatic carbocycles. The van der Waals surface area contributed by atoms with Crippen LogP contribution < -0.4 is 14.8 Å². The summed E-state index contributed by atoms with van der Waals surface area (Å²) in [5.74, 6) is 1.57. The van der Waals surface area contributed by atoms with Gasteiger partial charge >= 0.3 is 0 Å². The Morgan fingerprint density at radius 2 is 1.78 bits per heavy atom. The number of aryl methyl sites for hydroxylation is 1. The Kier molecular flexibility index (Phi) is 7.25. The van der Waals surface area contributed by atoms with Crippen molar-refractivity contribution in [3.63, 3.8) is 0 Å². The van der Waals surface area contributed by atoms with Crippen molar-refractivity contribution in [3.8, 4) is 11.6 Å². The van der Waals surface area contributed by atoms with E-state index in [2.05, 4.69) is 53.6 Å². The summed E-state index contributed by atoms with van der Waals surface area (Å²) in [4.78, 5) is 4.14.